The molecule has 0 heterocycles. The summed E-state index contributed by atoms with van der Waals surface area (Å²) >= 11 is 0. The predicted octanol–water partition coefficient (Wildman–Crippen LogP) is 1.39. The molecule has 0 saturated carbocycles. The van der Waals surface area contributed by atoms with Crippen molar-refractivity contribution in [2.24, 2.45) is 0 Å². The fraction of sp³-hybridized carbons (Fsp3) is 0.125. The monoisotopic (exact) mass is 214 g/mol. The molecule has 0 aliphatic carbocycles. The molecular weight excluding hydrogens is 204 g/mol. The normalized spacial score (nSPS) is 14.4. The maximum absolute atomic E-state index is 11.0. The summed E-state index contributed by atoms with van der Waals surface area (Å²) < 4.78 is 20.6. The van der Waals surface area contributed by atoms with Crippen LogP contribution in [0.2, 0.25) is 0 Å². The minimum absolute atomic E-state index is 0.0960. The molecule has 0 aliphatic rings. The Morgan fingerprint density at radius 2 is 2.21 bits per heavy atom. The van der Waals surface area contributed by atoms with Crippen molar-refractivity contribution in [2.45, 2.75) is 0 Å². The first-order valence-corrected chi connectivity index (χ1v) is 5.70. The van der Waals surface area contributed by atoms with Crippen LogP contribution in [0, 0.1) is 4.78 Å². The zero-order chi connectivity index (χ0) is 10.8. The predicted molar refractivity (Wildman–Crippen MR) is 53.8 cm³/mol. The van der Waals surface area contributed by atoms with Gasteiger partial charge in [-0.3, -0.25) is 4.72 Å². The molecule has 1 aromatic rings. The number of benzene rings is 1. The van der Waals surface area contributed by atoms with E-state index in [9.17, 15) is 9.00 Å². The van der Waals surface area contributed by atoms with Crippen LogP contribution >= 0.6 is 0 Å². The molecule has 0 aliphatic heterocycles. The standard InChI is InChI=1S/C8H10N2O3S/c1-14(9,13)10-7-4-2-3-6(5-7)8(11)12/h2-5H,1H3,(H,11,12)(H2,9,10,13). The summed E-state index contributed by atoms with van der Waals surface area (Å²) in [7, 11) is -2.86. The highest BCUT2D eigenvalue weighted by molar-refractivity contribution is 7.93. The van der Waals surface area contributed by atoms with Gasteiger partial charge in [0.05, 0.1) is 5.56 Å². The largest absolute Gasteiger partial charge is 0.478 e. The van der Waals surface area contributed by atoms with Crippen LogP contribution in [0.15, 0.2) is 24.3 Å². The second kappa shape index (κ2) is 3.67. The highest BCUT2D eigenvalue weighted by Gasteiger charge is 2.04. The molecule has 1 aromatic carbocycles. The van der Waals surface area contributed by atoms with E-state index < -0.39 is 15.9 Å². The number of nitrogens with one attached hydrogen (secondary N) is 2. The van der Waals surface area contributed by atoms with Gasteiger partial charge in [0.15, 0.2) is 0 Å². The molecule has 3 N–H and O–H groups in total. The average Bonchev–Trinajstić information content (AvgIpc) is 2.01. The molecule has 6 heteroatoms. The fourth-order valence-electron chi connectivity index (χ4n) is 0.941. The highest BCUT2D eigenvalue weighted by atomic mass is 32.2. The van der Waals surface area contributed by atoms with Crippen LogP contribution in [-0.2, 0) is 9.92 Å². The summed E-state index contributed by atoms with van der Waals surface area (Å²) in [6.07, 6.45) is 1.22. The molecule has 0 saturated heterocycles. The van der Waals surface area contributed by atoms with Crippen LogP contribution in [0.5, 0.6) is 0 Å². The van der Waals surface area contributed by atoms with Crippen LogP contribution in [0.1, 0.15) is 10.4 Å². The van der Waals surface area contributed by atoms with Gasteiger partial charge in [-0.25, -0.2) is 13.8 Å². The minimum atomic E-state index is -2.86. The Balaban J connectivity index is 3.01. The molecule has 0 fully saturated rings. The van der Waals surface area contributed by atoms with Gasteiger partial charge in [-0.05, 0) is 18.2 Å². The van der Waals surface area contributed by atoms with Gasteiger partial charge < -0.3 is 5.11 Å². The van der Waals surface area contributed by atoms with Crippen molar-refractivity contribution in [3.63, 3.8) is 0 Å². The maximum Gasteiger partial charge on any atom is 0.335 e. The summed E-state index contributed by atoms with van der Waals surface area (Å²) in [6, 6.07) is 5.84. The molecule has 1 atom stereocenters. The molecule has 14 heavy (non-hydrogen) atoms. The van der Waals surface area contributed by atoms with Crippen molar-refractivity contribution in [1.29, 1.82) is 4.78 Å². The number of hydrogen-bond acceptors (Lipinski definition) is 3. The minimum Gasteiger partial charge on any atom is -0.478 e. The molecular formula is C8H10N2O3S. The summed E-state index contributed by atoms with van der Waals surface area (Å²) in [5.74, 6) is -1.05. The van der Waals surface area contributed by atoms with Gasteiger partial charge in [0.2, 0.25) is 0 Å². The van der Waals surface area contributed by atoms with Crippen LogP contribution in [0.25, 0.3) is 0 Å². The van der Waals surface area contributed by atoms with Crippen molar-refractivity contribution in [3.05, 3.63) is 29.8 Å². The lowest BCUT2D eigenvalue weighted by molar-refractivity contribution is 0.0697. The summed E-state index contributed by atoms with van der Waals surface area (Å²) in [5, 5.41) is 8.66. The molecule has 76 valence electrons. The third-order valence-corrected chi connectivity index (χ3v) is 2.05. The Labute approximate surface area is 81.9 Å². The van der Waals surface area contributed by atoms with Gasteiger partial charge in [-0.2, -0.15) is 0 Å². The lowest BCUT2D eigenvalue weighted by Gasteiger charge is -2.05. The van der Waals surface area contributed by atoms with E-state index in [2.05, 4.69) is 4.72 Å². The second-order valence-electron chi connectivity index (χ2n) is 2.83. The summed E-state index contributed by atoms with van der Waals surface area (Å²) in [4.78, 5) is 10.6. The van der Waals surface area contributed by atoms with Gasteiger partial charge >= 0.3 is 5.97 Å². The topological polar surface area (TPSA) is 90.3 Å². The molecule has 0 bridgehead atoms. The first-order chi connectivity index (χ1) is 6.38. The quantitative estimate of drug-likeness (QED) is 0.710. The molecule has 0 amide bonds. The smallest absolute Gasteiger partial charge is 0.335 e. The Morgan fingerprint density at radius 1 is 1.57 bits per heavy atom. The van der Waals surface area contributed by atoms with Gasteiger partial charge in [-0.1, -0.05) is 6.07 Å². The number of hydrogen-bond donors (Lipinski definition) is 3. The SMILES string of the molecule is CS(=N)(=O)Nc1cccc(C(=O)O)c1. The van der Waals surface area contributed by atoms with Crippen molar-refractivity contribution in [1.82, 2.24) is 0 Å². The van der Waals surface area contributed by atoms with Crippen molar-refractivity contribution < 1.29 is 14.1 Å². The van der Waals surface area contributed by atoms with E-state index in [-0.39, 0.29) is 5.56 Å². The van der Waals surface area contributed by atoms with Crippen molar-refractivity contribution in [2.75, 3.05) is 11.0 Å². The third kappa shape index (κ3) is 3.06. The summed E-state index contributed by atoms with van der Waals surface area (Å²) in [6.45, 7) is 0. The summed E-state index contributed by atoms with van der Waals surface area (Å²) in [5.41, 5.74) is 0.464. The lowest BCUT2D eigenvalue weighted by atomic mass is 10.2. The van der Waals surface area contributed by atoms with Gasteiger partial charge in [0.1, 0.15) is 9.92 Å². The third-order valence-electron chi connectivity index (χ3n) is 1.42. The number of carbonyl (C=O) groups is 1. The van der Waals surface area contributed by atoms with E-state index in [4.69, 9.17) is 9.89 Å². The number of aromatic carboxylic acids is 1. The average molecular weight is 214 g/mol. The number of rotatable bonds is 3. The van der Waals surface area contributed by atoms with E-state index >= 15 is 0 Å². The molecule has 0 aromatic heterocycles. The van der Waals surface area contributed by atoms with E-state index in [1.54, 1.807) is 6.07 Å². The molecule has 5 nitrogen and oxygen atoms in total. The van der Waals surface area contributed by atoms with Crippen LogP contribution in [0.4, 0.5) is 5.69 Å². The maximum atomic E-state index is 11.0. The Morgan fingerprint density at radius 3 is 2.71 bits per heavy atom. The molecule has 0 radical (unpaired) electrons. The van der Waals surface area contributed by atoms with Crippen molar-refractivity contribution in [3.8, 4) is 0 Å². The Hall–Kier alpha value is -1.56. The number of anilines is 1. The lowest BCUT2D eigenvalue weighted by Crippen LogP contribution is -2.08. The fourth-order valence-corrected chi connectivity index (χ4v) is 1.52. The Kier molecular flexibility index (Phi) is 2.76. The second-order valence-corrected chi connectivity index (χ2v) is 4.72. The van der Waals surface area contributed by atoms with E-state index in [0.717, 1.165) is 0 Å². The molecule has 0 spiro atoms. The van der Waals surface area contributed by atoms with Crippen molar-refractivity contribution >= 4 is 21.6 Å². The van der Waals surface area contributed by atoms with Crippen LogP contribution < -0.4 is 4.72 Å². The van der Waals surface area contributed by atoms with Gasteiger partial charge in [0, 0.05) is 11.9 Å². The van der Waals surface area contributed by atoms with E-state index in [1.807, 2.05) is 0 Å². The zero-order valence-electron chi connectivity index (χ0n) is 7.48. The van der Waals surface area contributed by atoms with Gasteiger partial charge in [0.25, 0.3) is 0 Å². The van der Waals surface area contributed by atoms with E-state index in [1.165, 1.54) is 24.5 Å². The first kappa shape index (κ1) is 10.5. The van der Waals surface area contributed by atoms with E-state index in [0.29, 0.717) is 5.69 Å². The first-order valence-electron chi connectivity index (χ1n) is 3.73. The number of carboxylic acid groups (broad SMARTS) is 1. The molecule has 1 rings (SSSR count). The zero-order valence-corrected chi connectivity index (χ0v) is 8.30. The highest BCUT2D eigenvalue weighted by Crippen LogP contribution is 2.11. The van der Waals surface area contributed by atoms with Crippen LogP contribution in [-0.4, -0.2) is 21.5 Å². The Bertz CT molecular complexity index is 453. The molecule has 1 unspecified atom stereocenters. The van der Waals surface area contributed by atoms with Gasteiger partial charge in [-0.15, -0.1) is 0 Å². The van der Waals surface area contributed by atoms with Crippen LogP contribution in [0.3, 0.4) is 0 Å². The number of carboxylic acids is 1.